The van der Waals surface area contributed by atoms with E-state index in [0.29, 0.717) is 5.92 Å². The second-order valence-electron chi connectivity index (χ2n) is 3.56. The summed E-state index contributed by atoms with van der Waals surface area (Å²) in [5, 5.41) is 0. The predicted octanol–water partition coefficient (Wildman–Crippen LogP) is 3.52. The van der Waals surface area contributed by atoms with Gasteiger partial charge >= 0.3 is 0 Å². The van der Waals surface area contributed by atoms with Crippen LogP contribution in [-0.2, 0) is 0 Å². The van der Waals surface area contributed by atoms with Gasteiger partial charge in [0, 0.05) is 0 Å². The van der Waals surface area contributed by atoms with Crippen LogP contribution in [0.3, 0.4) is 0 Å². The van der Waals surface area contributed by atoms with Gasteiger partial charge in [-0.2, -0.15) is 0 Å². The topological polar surface area (TPSA) is 0 Å². The highest BCUT2D eigenvalue weighted by Crippen LogP contribution is 2.12. The maximum absolute atomic E-state index is 2.28. The lowest BCUT2D eigenvalue weighted by Crippen LogP contribution is -2.15. The Hall–Kier alpha value is -0.715. The maximum Gasteiger partial charge on any atom is 0.148 e. The summed E-state index contributed by atoms with van der Waals surface area (Å²) in [4.78, 5) is 0. The van der Waals surface area contributed by atoms with E-state index < -0.39 is 0 Å². The molecular formula is C13H22B. The fourth-order valence-electron chi connectivity index (χ4n) is 1.33. The SMILES string of the molecule is CC.C[B]c1cc(C(C)C)ccc1C. The Labute approximate surface area is 90.0 Å². The first kappa shape index (κ1) is 13.3. The molecule has 0 fully saturated rings. The van der Waals surface area contributed by atoms with Crippen LogP contribution in [0.5, 0.6) is 0 Å². The third-order valence-corrected chi connectivity index (χ3v) is 2.28. The number of benzene rings is 1. The molecule has 1 radical (unpaired) electrons. The second-order valence-corrected chi connectivity index (χ2v) is 3.56. The standard InChI is InChI=1S/C11H16B.C2H6/c1-8(2)10-6-5-9(3)11(7-10)12-4;1-2/h5-8H,1-4H3;1-2H3. The Kier molecular flexibility index (Phi) is 6.35. The lowest BCUT2D eigenvalue weighted by Gasteiger charge is -2.09. The van der Waals surface area contributed by atoms with Gasteiger partial charge in [0.2, 0.25) is 0 Å². The third kappa shape index (κ3) is 3.57. The molecule has 0 spiro atoms. The normalized spacial score (nSPS) is 9.36. The minimum absolute atomic E-state index is 0.629. The van der Waals surface area contributed by atoms with Crippen molar-refractivity contribution in [3.63, 3.8) is 0 Å². The van der Waals surface area contributed by atoms with E-state index in [4.69, 9.17) is 0 Å². The number of hydrogen-bond donors (Lipinski definition) is 0. The Morgan fingerprint density at radius 3 is 2.14 bits per heavy atom. The molecule has 77 valence electrons. The minimum Gasteiger partial charge on any atom is -0.0872 e. The molecule has 1 aromatic rings. The number of rotatable bonds is 2. The van der Waals surface area contributed by atoms with E-state index in [0.717, 1.165) is 0 Å². The molecule has 0 saturated carbocycles. The molecule has 0 amide bonds. The van der Waals surface area contributed by atoms with Crippen molar-refractivity contribution >= 4 is 12.7 Å². The van der Waals surface area contributed by atoms with Crippen LogP contribution in [0.1, 0.15) is 44.7 Å². The molecule has 1 heteroatoms. The second kappa shape index (κ2) is 6.70. The van der Waals surface area contributed by atoms with Crippen molar-refractivity contribution in [3.8, 4) is 0 Å². The Balaban J connectivity index is 0.000000791. The first-order valence-electron chi connectivity index (χ1n) is 5.55. The summed E-state index contributed by atoms with van der Waals surface area (Å²) in [6.07, 6.45) is 0. The lowest BCUT2D eigenvalue weighted by atomic mass is 9.70. The average molecular weight is 189 g/mol. The van der Waals surface area contributed by atoms with Crippen LogP contribution in [-0.4, -0.2) is 7.28 Å². The molecule has 0 aliphatic carbocycles. The van der Waals surface area contributed by atoms with Gasteiger partial charge in [-0.25, -0.2) is 0 Å². The van der Waals surface area contributed by atoms with Gasteiger partial charge in [-0.3, -0.25) is 0 Å². The first-order valence-corrected chi connectivity index (χ1v) is 5.55. The van der Waals surface area contributed by atoms with Crippen LogP contribution in [0.4, 0.5) is 0 Å². The highest BCUT2D eigenvalue weighted by atomic mass is 14.0. The van der Waals surface area contributed by atoms with Gasteiger partial charge in [0.05, 0.1) is 0 Å². The molecule has 0 unspecified atom stereocenters. The van der Waals surface area contributed by atoms with Gasteiger partial charge in [-0.1, -0.05) is 63.7 Å². The summed E-state index contributed by atoms with van der Waals surface area (Å²) in [6, 6.07) is 6.69. The summed E-state index contributed by atoms with van der Waals surface area (Å²) >= 11 is 0. The Bertz CT molecular complexity index is 264. The summed E-state index contributed by atoms with van der Waals surface area (Å²) in [5.41, 5.74) is 4.15. The average Bonchev–Trinajstić information content (AvgIpc) is 2.21. The van der Waals surface area contributed by atoms with Crippen molar-refractivity contribution in [3.05, 3.63) is 29.3 Å². The molecule has 0 saturated heterocycles. The van der Waals surface area contributed by atoms with E-state index >= 15 is 0 Å². The summed E-state index contributed by atoms with van der Waals surface area (Å²) in [6.45, 7) is 12.7. The highest BCUT2D eigenvalue weighted by molar-refractivity contribution is 6.52. The van der Waals surface area contributed by atoms with Crippen molar-refractivity contribution in [2.45, 2.75) is 47.4 Å². The van der Waals surface area contributed by atoms with Crippen molar-refractivity contribution in [1.82, 2.24) is 0 Å². The van der Waals surface area contributed by atoms with Gasteiger partial charge in [0.1, 0.15) is 7.28 Å². The lowest BCUT2D eigenvalue weighted by molar-refractivity contribution is 0.867. The van der Waals surface area contributed by atoms with Crippen LogP contribution >= 0.6 is 0 Å². The van der Waals surface area contributed by atoms with Gasteiger partial charge in [-0.05, 0) is 18.4 Å². The van der Waals surface area contributed by atoms with Crippen LogP contribution in [0.2, 0.25) is 6.82 Å². The number of hydrogen-bond acceptors (Lipinski definition) is 0. The highest BCUT2D eigenvalue weighted by Gasteiger charge is 2.01. The van der Waals surface area contributed by atoms with Crippen LogP contribution in [0.15, 0.2) is 18.2 Å². The summed E-state index contributed by atoms with van der Waals surface area (Å²) in [5.74, 6) is 0.629. The number of aryl methyl sites for hydroxylation is 1. The Morgan fingerprint density at radius 2 is 1.71 bits per heavy atom. The molecule has 0 atom stereocenters. The van der Waals surface area contributed by atoms with Gasteiger partial charge in [0.25, 0.3) is 0 Å². The zero-order valence-electron chi connectivity index (χ0n) is 10.4. The van der Waals surface area contributed by atoms with E-state index in [-0.39, 0.29) is 0 Å². The van der Waals surface area contributed by atoms with Crippen LogP contribution in [0, 0.1) is 6.92 Å². The molecule has 0 N–H and O–H groups in total. The molecule has 0 nitrogen and oxygen atoms in total. The quantitative estimate of drug-likeness (QED) is 0.624. The van der Waals surface area contributed by atoms with E-state index in [1.54, 1.807) is 0 Å². The van der Waals surface area contributed by atoms with Gasteiger partial charge < -0.3 is 0 Å². The van der Waals surface area contributed by atoms with Crippen molar-refractivity contribution in [2.24, 2.45) is 0 Å². The van der Waals surface area contributed by atoms with E-state index in [1.165, 1.54) is 16.6 Å². The smallest absolute Gasteiger partial charge is 0.0872 e. The molecule has 0 aliphatic heterocycles. The Morgan fingerprint density at radius 1 is 1.14 bits per heavy atom. The fourth-order valence-corrected chi connectivity index (χ4v) is 1.33. The molecule has 0 aliphatic rings. The predicted molar refractivity (Wildman–Crippen MR) is 67.9 cm³/mol. The molecule has 0 heterocycles. The first-order chi connectivity index (χ1) is 6.65. The summed E-state index contributed by atoms with van der Waals surface area (Å²) in [7, 11) is 2.17. The minimum atomic E-state index is 0.629. The van der Waals surface area contributed by atoms with E-state index in [2.05, 4.69) is 53.1 Å². The molecule has 0 aromatic heterocycles. The monoisotopic (exact) mass is 189 g/mol. The largest absolute Gasteiger partial charge is 0.148 e. The van der Waals surface area contributed by atoms with Crippen molar-refractivity contribution < 1.29 is 0 Å². The van der Waals surface area contributed by atoms with Crippen LogP contribution in [0.25, 0.3) is 0 Å². The maximum atomic E-state index is 2.28. The van der Waals surface area contributed by atoms with E-state index in [9.17, 15) is 0 Å². The van der Waals surface area contributed by atoms with E-state index in [1.807, 2.05) is 13.8 Å². The third-order valence-electron chi connectivity index (χ3n) is 2.28. The zero-order chi connectivity index (χ0) is 11.1. The molecular weight excluding hydrogens is 167 g/mol. The molecule has 0 bridgehead atoms. The fraction of sp³-hybridized carbons (Fsp3) is 0.538. The van der Waals surface area contributed by atoms with Crippen molar-refractivity contribution in [1.29, 1.82) is 0 Å². The summed E-state index contributed by atoms with van der Waals surface area (Å²) < 4.78 is 0. The van der Waals surface area contributed by atoms with Gasteiger partial charge in [0.15, 0.2) is 0 Å². The molecule has 1 rings (SSSR count). The van der Waals surface area contributed by atoms with Crippen molar-refractivity contribution in [2.75, 3.05) is 0 Å². The van der Waals surface area contributed by atoms with Gasteiger partial charge in [-0.15, -0.1) is 0 Å². The van der Waals surface area contributed by atoms with Crippen LogP contribution < -0.4 is 5.46 Å². The molecule has 14 heavy (non-hydrogen) atoms. The zero-order valence-corrected chi connectivity index (χ0v) is 10.4. The molecule has 1 aromatic carbocycles.